The summed E-state index contributed by atoms with van der Waals surface area (Å²) in [5.74, 6) is -1.74. The third-order valence-corrected chi connectivity index (χ3v) is 3.09. The number of rotatable bonds is 4. The van der Waals surface area contributed by atoms with Gasteiger partial charge in [0, 0.05) is 0 Å². The lowest BCUT2D eigenvalue weighted by molar-refractivity contribution is -0.136. The summed E-state index contributed by atoms with van der Waals surface area (Å²) in [5, 5.41) is 17.3. The summed E-state index contributed by atoms with van der Waals surface area (Å²) < 4.78 is 0. The normalized spacial score (nSPS) is 12.2. The van der Waals surface area contributed by atoms with E-state index in [0.29, 0.717) is 11.5 Å². The molecule has 0 aromatic carbocycles. The first-order valence-corrected chi connectivity index (χ1v) is 5.69. The first kappa shape index (κ1) is 13.4. The maximum absolute atomic E-state index is 11.1. The van der Waals surface area contributed by atoms with Crippen molar-refractivity contribution >= 4 is 23.7 Å². The second kappa shape index (κ2) is 5.13. The van der Waals surface area contributed by atoms with Crippen LogP contribution in [-0.2, 0) is 4.79 Å². The van der Waals surface area contributed by atoms with E-state index in [1.807, 2.05) is 0 Å². The second-order valence-electron chi connectivity index (χ2n) is 3.44. The largest absolute Gasteiger partial charge is 0.480 e. The van der Waals surface area contributed by atoms with Crippen molar-refractivity contribution in [3.8, 4) is 0 Å². The molecule has 0 saturated heterocycles. The lowest BCUT2D eigenvalue weighted by Crippen LogP contribution is -2.14. The van der Waals surface area contributed by atoms with Crippen molar-refractivity contribution < 1.29 is 19.8 Å². The molecule has 2 N–H and O–H groups in total. The molecular weight excluding hydrogens is 244 g/mol. The number of hydrogen-bond donors (Lipinski definition) is 2. The van der Waals surface area contributed by atoms with Crippen molar-refractivity contribution in [3.05, 3.63) is 17.1 Å². The Morgan fingerprint density at radius 3 is 2.29 bits per heavy atom. The molecule has 1 heterocycles. The Bertz CT molecular complexity index is 476. The van der Waals surface area contributed by atoms with Gasteiger partial charge in [0.25, 0.3) is 0 Å². The Balaban J connectivity index is 3.21. The van der Waals surface area contributed by atoms with Crippen LogP contribution in [0.2, 0.25) is 0 Å². The van der Waals surface area contributed by atoms with Gasteiger partial charge in [-0.15, -0.1) is 0 Å². The molecular formula is C10H12N2O4S. The highest BCUT2D eigenvalue weighted by Gasteiger charge is 2.22. The predicted octanol–water partition coefficient (Wildman–Crippen LogP) is 1.36. The van der Waals surface area contributed by atoms with Crippen LogP contribution in [0.5, 0.6) is 0 Å². The average molecular weight is 256 g/mol. The highest BCUT2D eigenvalue weighted by molar-refractivity contribution is 8.00. The molecule has 0 radical (unpaired) electrons. The highest BCUT2D eigenvalue weighted by Crippen LogP contribution is 2.26. The molecule has 1 atom stereocenters. The van der Waals surface area contributed by atoms with E-state index in [0.717, 1.165) is 11.8 Å². The lowest BCUT2D eigenvalue weighted by Gasteiger charge is -2.10. The van der Waals surface area contributed by atoms with Gasteiger partial charge in [0.05, 0.1) is 5.69 Å². The van der Waals surface area contributed by atoms with Crippen molar-refractivity contribution in [1.82, 2.24) is 9.97 Å². The van der Waals surface area contributed by atoms with Gasteiger partial charge in [-0.25, -0.2) is 14.8 Å². The summed E-state index contributed by atoms with van der Waals surface area (Å²) in [5.41, 5.74) is 0.304. The van der Waals surface area contributed by atoms with Crippen LogP contribution in [0.1, 0.15) is 28.8 Å². The van der Waals surface area contributed by atoms with Gasteiger partial charge >= 0.3 is 11.9 Å². The summed E-state index contributed by atoms with van der Waals surface area (Å²) >= 11 is 0.903. The number of aliphatic carboxylic acids is 1. The Morgan fingerprint density at radius 1 is 1.24 bits per heavy atom. The maximum atomic E-state index is 11.1. The number of aromatic nitrogens is 2. The van der Waals surface area contributed by atoms with E-state index in [4.69, 9.17) is 10.2 Å². The zero-order valence-corrected chi connectivity index (χ0v) is 10.4. The van der Waals surface area contributed by atoms with Gasteiger partial charge in [-0.3, -0.25) is 4.79 Å². The van der Waals surface area contributed by atoms with Crippen molar-refractivity contribution in [1.29, 1.82) is 0 Å². The van der Waals surface area contributed by atoms with Crippen molar-refractivity contribution in [2.24, 2.45) is 0 Å². The van der Waals surface area contributed by atoms with Crippen LogP contribution in [0.15, 0.2) is 5.03 Å². The Kier molecular flexibility index (Phi) is 4.06. The fraction of sp³-hybridized carbons (Fsp3) is 0.400. The number of aryl methyl sites for hydroxylation is 2. The molecule has 7 heteroatoms. The fourth-order valence-electron chi connectivity index (χ4n) is 1.23. The number of carboxylic acid groups (broad SMARTS) is 2. The maximum Gasteiger partial charge on any atom is 0.340 e. The van der Waals surface area contributed by atoms with Gasteiger partial charge in [0.1, 0.15) is 21.7 Å². The predicted molar refractivity (Wildman–Crippen MR) is 61.4 cm³/mol. The molecule has 92 valence electrons. The molecule has 0 fully saturated rings. The van der Waals surface area contributed by atoms with E-state index in [1.165, 1.54) is 6.92 Å². The summed E-state index contributed by atoms with van der Waals surface area (Å²) in [7, 11) is 0. The van der Waals surface area contributed by atoms with Crippen LogP contribution in [0.4, 0.5) is 0 Å². The van der Waals surface area contributed by atoms with Crippen LogP contribution in [0, 0.1) is 13.8 Å². The van der Waals surface area contributed by atoms with Crippen LogP contribution in [0.25, 0.3) is 0 Å². The van der Waals surface area contributed by atoms with Gasteiger partial charge in [-0.2, -0.15) is 0 Å². The number of nitrogens with zero attached hydrogens (tertiary/aromatic N) is 2. The van der Waals surface area contributed by atoms with E-state index in [9.17, 15) is 9.59 Å². The fourth-order valence-corrected chi connectivity index (χ4v) is 2.20. The number of aromatic carboxylic acids is 1. The zero-order chi connectivity index (χ0) is 13.2. The average Bonchev–Trinajstić information content (AvgIpc) is 2.14. The molecule has 0 aliphatic rings. The first-order chi connectivity index (χ1) is 7.82. The van der Waals surface area contributed by atoms with Gasteiger partial charge in [-0.1, -0.05) is 11.8 Å². The van der Waals surface area contributed by atoms with Crippen LogP contribution in [0.3, 0.4) is 0 Å². The number of carbonyl (C=O) groups is 2. The molecule has 0 amide bonds. The quantitative estimate of drug-likeness (QED) is 0.619. The molecule has 1 aromatic heterocycles. The third-order valence-electron chi connectivity index (χ3n) is 2.02. The van der Waals surface area contributed by atoms with E-state index in [2.05, 4.69) is 9.97 Å². The summed E-state index contributed by atoms with van der Waals surface area (Å²) in [6, 6.07) is 0. The molecule has 1 unspecified atom stereocenters. The molecule has 6 nitrogen and oxygen atoms in total. The molecule has 0 aliphatic heterocycles. The van der Waals surface area contributed by atoms with Gasteiger partial charge in [0.2, 0.25) is 0 Å². The number of carboxylic acids is 2. The second-order valence-corrected chi connectivity index (χ2v) is 4.77. The van der Waals surface area contributed by atoms with Gasteiger partial charge in [-0.05, 0) is 20.8 Å². The number of thioether (sulfide) groups is 1. The van der Waals surface area contributed by atoms with Crippen LogP contribution < -0.4 is 0 Å². The smallest absolute Gasteiger partial charge is 0.340 e. The monoisotopic (exact) mass is 256 g/mol. The first-order valence-electron chi connectivity index (χ1n) is 4.81. The molecule has 0 spiro atoms. The summed E-state index contributed by atoms with van der Waals surface area (Å²) in [6.45, 7) is 4.67. The minimum atomic E-state index is -1.15. The highest BCUT2D eigenvalue weighted by atomic mass is 32.2. The number of hydrogen-bond acceptors (Lipinski definition) is 5. The zero-order valence-electron chi connectivity index (χ0n) is 9.59. The van der Waals surface area contributed by atoms with Crippen LogP contribution >= 0.6 is 11.8 Å². The van der Waals surface area contributed by atoms with Gasteiger partial charge < -0.3 is 10.2 Å². The van der Waals surface area contributed by atoms with E-state index in [-0.39, 0.29) is 10.6 Å². The Hall–Kier alpha value is -1.63. The standard InChI is InChI=1S/C10H12N2O4S/c1-4-7(10(15)16)8(12-6(3)11-4)17-5(2)9(13)14/h5H,1-3H3,(H,13,14)(H,15,16). The van der Waals surface area contributed by atoms with E-state index in [1.54, 1.807) is 13.8 Å². The van der Waals surface area contributed by atoms with E-state index >= 15 is 0 Å². The third kappa shape index (κ3) is 3.16. The topological polar surface area (TPSA) is 100 Å². The van der Waals surface area contributed by atoms with Crippen molar-refractivity contribution in [3.63, 3.8) is 0 Å². The molecule has 1 rings (SSSR count). The Morgan fingerprint density at radius 2 is 1.82 bits per heavy atom. The van der Waals surface area contributed by atoms with Crippen molar-refractivity contribution in [2.45, 2.75) is 31.0 Å². The van der Waals surface area contributed by atoms with E-state index < -0.39 is 17.2 Å². The molecule has 0 saturated carbocycles. The summed E-state index contributed by atoms with van der Waals surface area (Å²) in [4.78, 5) is 29.7. The van der Waals surface area contributed by atoms with Crippen molar-refractivity contribution in [2.75, 3.05) is 0 Å². The SMILES string of the molecule is Cc1nc(C)c(C(=O)O)c(SC(C)C(=O)O)n1. The lowest BCUT2D eigenvalue weighted by atomic mass is 10.2. The molecule has 1 aromatic rings. The minimum absolute atomic E-state index is 0.0336. The molecule has 0 aliphatic carbocycles. The van der Waals surface area contributed by atoms with Gasteiger partial charge in [0.15, 0.2) is 0 Å². The summed E-state index contributed by atoms with van der Waals surface area (Å²) in [6.07, 6.45) is 0. The van der Waals surface area contributed by atoms with Crippen LogP contribution in [-0.4, -0.2) is 37.4 Å². The Labute approximate surface area is 102 Å². The molecule has 17 heavy (non-hydrogen) atoms. The molecule has 0 bridgehead atoms. The minimum Gasteiger partial charge on any atom is -0.480 e.